The Morgan fingerprint density at radius 3 is 2.35 bits per heavy atom. The van der Waals surface area contributed by atoms with E-state index in [1.165, 1.54) is 12.1 Å². The zero-order valence-corrected chi connectivity index (χ0v) is 18.3. The minimum atomic E-state index is -3.23. The second kappa shape index (κ2) is 10.4. The Bertz CT molecular complexity index is 986. The standard InChI is InChI=1S/C22H27N3O5S/c1-31(28,29)20-6-4-19(5-7-20)30-16-2-3-21(26)24-18-10-14-25(15-11-18)22(27)17-8-12-23-13-9-17/h4-9,12-13,18H,2-3,10-11,14-16H2,1H3,(H,24,26). The van der Waals surface area contributed by atoms with Crippen LogP contribution in [0.15, 0.2) is 53.7 Å². The Balaban J connectivity index is 1.33. The lowest BCUT2D eigenvalue weighted by atomic mass is 10.0. The number of nitrogens with one attached hydrogen (secondary N) is 1. The SMILES string of the molecule is CS(=O)(=O)c1ccc(OCCCC(=O)NC2CCN(C(=O)c3ccncc3)CC2)cc1. The molecule has 2 heterocycles. The van der Waals surface area contributed by atoms with E-state index >= 15 is 0 Å². The number of nitrogens with zero attached hydrogens (tertiary/aromatic N) is 2. The molecular weight excluding hydrogens is 418 g/mol. The molecule has 0 unspecified atom stereocenters. The van der Waals surface area contributed by atoms with Crippen molar-refractivity contribution in [3.63, 3.8) is 0 Å². The number of carbonyl (C=O) groups is 2. The van der Waals surface area contributed by atoms with Gasteiger partial charge in [0.15, 0.2) is 9.84 Å². The second-order valence-corrected chi connectivity index (χ2v) is 9.58. The molecule has 31 heavy (non-hydrogen) atoms. The van der Waals surface area contributed by atoms with Gasteiger partial charge in [-0.2, -0.15) is 0 Å². The summed E-state index contributed by atoms with van der Waals surface area (Å²) in [6.07, 6.45) is 6.72. The summed E-state index contributed by atoms with van der Waals surface area (Å²) in [5, 5.41) is 3.03. The zero-order valence-electron chi connectivity index (χ0n) is 17.5. The molecule has 1 fully saturated rings. The molecule has 0 spiro atoms. The van der Waals surface area contributed by atoms with Gasteiger partial charge >= 0.3 is 0 Å². The van der Waals surface area contributed by atoms with Crippen LogP contribution in [0.3, 0.4) is 0 Å². The molecule has 0 atom stereocenters. The third-order valence-corrected chi connectivity index (χ3v) is 6.27. The molecule has 3 rings (SSSR count). The third-order valence-electron chi connectivity index (χ3n) is 5.14. The average molecular weight is 446 g/mol. The highest BCUT2D eigenvalue weighted by atomic mass is 32.2. The summed E-state index contributed by atoms with van der Waals surface area (Å²) in [4.78, 5) is 30.6. The van der Waals surface area contributed by atoms with Crippen molar-refractivity contribution in [2.24, 2.45) is 0 Å². The van der Waals surface area contributed by atoms with Crippen molar-refractivity contribution >= 4 is 21.7 Å². The van der Waals surface area contributed by atoms with Crippen LogP contribution in [0.1, 0.15) is 36.0 Å². The number of hydrogen-bond donors (Lipinski definition) is 1. The topological polar surface area (TPSA) is 106 Å². The molecule has 9 heteroatoms. The van der Waals surface area contributed by atoms with Crippen molar-refractivity contribution in [3.8, 4) is 5.75 Å². The monoisotopic (exact) mass is 445 g/mol. The van der Waals surface area contributed by atoms with Crippen molar-refractivity contribution in [2.75, 3.05) is 26.0 Å². The van der Waals surface area contributed by atoms with Crippen molar-refractivity contribution in [1.82, 2.24) is 15.2 Å². The minimum Gasteiger partial charge on any atom is -0.494 e. The summed E-state index contributed by atoms with van der Waals surface area (Å²) < 4.78 is 28.5. The number of amides is 2. The quantitative estimate of drug-likeness (QED) is 0.624. The highest BCUT2D eigenvalue weighted by Gasteiger charge is 2.24. The van der Waals surface area contributed by atoms with E-state index in [1.807, 2.05) is 0 Å². The molecule has 8 nitrogen and oxygen atoms in total. The minimum absolute atomic E-state index is 0.00565. The number of aromatic nitrogens is 1. The molecule has 166 valence electrons. The number of rotatable bonds is 8. The summed E-state index contributed by atoms with van der Waals surface area (Å²) in [5.74, 6) is 0.530. The molecule has 1 saturated heterocycles. The van der Waals surface area contributed by atoms with E-state index in [0.29, 0.717) is 43.9 Å². The van der Waals surface area contributed by atoms with Crippen LogP contribution < -0.4 is 10.1 Å². The van der Waals surface area contributed by atoms with Crippen molar-refractivity contribution in [2.45, 2.75) is 36.6 Å². The molecule has 1 N–H and O–H groups in total. The van der Waals surface area contributed by atoms with Crippen LogP contribution in [-0.4, -0.2) is 62.1 Å². The van der Waals surface area contributed by atoms with E-state index < -0.39 is 9.84 Å². The lowest BCUT2D eigenvalue weighted by Crippen LogP contribution is -2.46. The van der Waals surface area contributed by atoms with Gasteiger partial charge in [0.1, 0.15) is 5.75 Å². The molecule has 0 saturated carbocycles. The summed E-state index contributed by atoms with van der Waals surface area (Å²) in [6.45, 7) is 1.59. The summed E-state index contributed by atoms with van der Waals surface area (Å²) in [7, 11) is -3.23. The van der Waals surface area contributed by atoms with Crippen LogP contribution in [-0.2, 0) is 14.6 Å². The molecular formula is C22H27N3O5S. The van der Waals surface area contributed by atoms with E-state index in [-0.39, 0.29) is 22.8 Å². The van der Waals surface area contributed by atoms with Crippen LogP contribution in [0.2, 0.25) is 0 Å². The maximum atomic E-state index is 12.5. The Hall–Kier alpha value is -2.94. The summed E-state index contributed by atoms with van der Waals surface area (Å²) >= 11 is 0. The maximum absolute atomic E-state index is 12.5. The van der Waals surface area contributed by atoms with Gasteiger partial charge in [0, 0.05) is 49.8 Å². The Kier molecular flexibility index (Phi) is 7.62. The lowest BCUT2D eigenvalue weighted by molar-refractivity contribution is -0.122. The van der Waals surface area contributed by atoms with Gasteiger partial charge in [-0.1, -0.05) is 0 Å². The predicted molar refractivity (Wildman–Crippen MR) is 116 cm³/mol. The van der Waals surface area contributed by atoms with Crippen molar-refractivity contribution < 1.29 is 22.7 Å². The first-order chi connectivity index (χ1) is 14.8. The number of benzene rings is 1. The molecule has 0 bridgehead atoms. The van der Waals surface area contributed by atoms with E-state index in [4.69, 9.17) is 4.74 Å². The van der Waals surface area contributed by atoms with E-state index in [1.54, 1.807) is 41.6 Å². The largest absolute Gasteiger partial charge is 0.494 e. The van der Waals surface area contributed by atoms with Crippen molar-refractivity contribution in [3.05, 3.63) is 54.4 Å². The molecule has 0 radical (unpaired) electrons. The summed E-state index contributed by atoms with van der Waals surface area (Å²) in [6, 6.07) is 9.70. The first-order valence-electron chi connectivity index (χ1n) is 10.2. The van der Waals surface area contributed by atoms with Crippen LogP contribution in [0.4, 0.5) is 0 Å². The number of pyridine rings is 1. The van der Waals surface area contributed by atoms with Gasteiger partial charge in [-0.15, -0.1) is 0 Å². The van der Waals surface area contributed by atoms with Crippen LogP contribution in [0.25, 0.3) is 0 Å². The Morgan fingerprint density at radius 2 is 1.74 bits per heavy atom. The Morgan fingerprint density at radius 1 is 1.10 bits per heavy atom. The number of carbonyl (C=O) groups excluding carboxylic acids is 2. The van der Waals surface area contributed by atoms with Crippen LogP contribution in [0.5, 0.6) is 5.75 Å². The molecule has 1 aromatic heterocycles. The van der Waals surface area contributed by atoms with Gasteiger partial charge < -0.3 is 15.0 Å². The maximum Gasteiger partial charge on any atom is 0.253 e. The molecule has 2 aromatic rings. The number of likely N-dealkylation sites (tertiary alicyclic amines) is 1. The first-order valence-corrected chi connectivity index (χ1v) is 12.1. The fourth-order valence-corrected chi connectivity index (χ4v) is 4.04. The van der Waals surface area contributed by atoms with E-state index in [9.17, 15) is 18.0 Å². The Labute approximate surface area is 182 Å². The molecule has 1 aliphatic rings. The average Bonchev–Trinajstić information content (AvgIpc) is 2.77. The fraction of sp³-hybridized carbons (Fsp3) is 0.409. The third kappa shape index (κ3) is 6.78. The van der Waals surface area contributed by atoms with Gasteiger partial charge in [0.25, 0.3) is 5.91 Å². The van der Waals surface area contributed by atoms with Gasteiger partial charge in [-0.25, -0.2) is 8.42 Å². The van der Waals surface area contributed by atoms with Crippen LogP contribution in [0, 0.1) is 0 Å². The van der Waals surface area contributed by atoms with Crippen molar-refractivity contribution in [1.29, 1.82) is 0 Å². The molecule has 0 aliphatic carbocycles. The molecule has 1 aromatic carbocycles. The smallest absolute Gasteiger partial charge is 0.253 e. The van der Waals surface area contributed by atoms with Crippen LogP contribution >= 0.6 is 0 Å². The second-order valence-electron chi connectivity index (χ2n) is 7.57. The zero-order chi connectivity index (χ0) is 22.3. The highest BCUT2D eigenvalue weighted by Crippen LogP contribution is 2.17. The van der Waals surface area contributed by atoms with E-state index in [2.05, 4.69) is 10.3 Å². The number of sulfone groups is 1. The number of ether oxygens (including phenoxy) is 1. The van der Waals surface area contributed by atoms with Gasteiger partial charge in [-0.3, -0.25) is 14.6 Å². The normalized spacial score (nSPS) is 14.8. The number of hydrogen-bond acceptors (Lipinski definition) is 6. The van der Waals surface area contributed by atoms with E-state index in [0.717, 1.165) is 19.1 Å². The molecule has 2 amide bonds. The predicted octanol–water partition coefficient (Wildman–Crippen LogP) is 2.07. The van der Waals surface area contributed by atoms with Gasteiger partial charge in [0.2, 0.25) is 5.91 Å². The highest BCUT2D eigenvalue weighted by molar-refractivity contribution is 7.90. The lowest BCUT2D eigenvalue weighted by Gasteiger charge is -2.32. The fourth-order valence-electron chi connectivity index (χ4n) is 3.41. The van der Waals surface area contributed by atoms with Gasteiger partial charge in [-0.05, 0) is 55.7 Å². The number of piperidine rings is 1. The van der Waals surface area contributed by atoms with Gasteiger partial charge in [0.05, 0.1) is 11.5 Å². The first kappa shape index (κ1) is 22.7. The summed E-state index contributed by atoms with van der Waals surface area (Å²) in [5.41, 5.74) is 0.628. The molecule has 1 aliphatic heterocycles.